The molecule has 0 saturated carbocycles. The predicted molar refractivity (Wildman–Crippen MR) is 89.4 cm³/mol. The number of piperidine rings is 1. The molecule has 1 amide bonds. The summed E-state index contributed by atoms with van der Waals surface area (Å²) in [7, 11) is 1.63. The van der Waals surface area contributed by atoms with E-state index in [9.17, 15) is 4.79 Å². The Morgan fingerprint density at radius 3 is 2.62 bits per heavy atom. The van der Waals surface area contributed by atoms with Crippen molar-refractivity contribution >= 4 is 16.8 Å². The van der Waals surface area contributed by atoms with Crippen LogP contribution in [0.1, 0.15) is 28.9 Å². The van der Waals surface area contributed by atoms with Gasteiger partial charge in [-0.2, -0.15) is 0 Å². The fourth-order valence-electron chi connectivity index (χ4n) is 3.70. The smallest absolute Gasteiger partial charge is 0.256 e. The summed E-state index contributed by atoms with van der Waals surface area (Å²) in [5.41, 5.74) is 2.57. The number of nitrogens with one attached hydrogen (secondary N) is 1. The van der Waals surface area contributed by atoms with Crippen molar-refractivity contribution in [3.8, 4) is 5.75 Å². The largest absolute Gasteiger partial charge is 0.497 e. The van der Waals surface area contributed by atoms with Crippen molar-refractivity contribution in [2.24, 2.45) is 0 Å². The molecule has 2 aliphatic rings. The number of methoxy groups -OCH3 is 1. The van der Waals surface area contributed by atoms with Gasteiger partial charge in [0.2, 0.25) is 0 Å². The number of rotatable bonds is 2. The highest BCUT2D eigenvalue weighted by molar-refractivity contribution is 6.08. The summed E-state index contributed by atoms with van der Waals surface area (Å²) in [6.45, 7) is 4.53. The van der Waals surface area contributed by atoms with Crippen LogP contribution in [0, 0.1) is 6.92 Å². The van der Waals surface area contributed by atoms with Crippen LogP contribution in [0.2, 0.25) is 0 Å². The molecule has 0 bridgehead atoms. The molecule has 2 aromatic rings. The molecule has 1 N–H and O–H groups in total. The minimum Gasteiger partial charge on any atom is -0.497 e. The molecule has 0 aliphatic carbocycles. The Balaban J connectivity index is 1.60. The summed E-state index contributed by atoms with van der Waals surface area (Å²) in [6, 6.07) is 5.76. The zero-order valence-electron chi connectivity index (χ0n) is 14.1. The summed E-state index contributed by atoms with van der Waals surface area (Å²) < 4.78 is 16.8. The van der Waals surface area contributed by atoms with Crippen LogP contribution in [-0.2, 0) is 9.47 Å². The summed E-state index contributed by atoms with van der Waals surface area (Å²) in [5, 5.41) is 0.908. The average Bonchev–Trinajstić information content (AvgIpc) is 3.18. The van der Waals surface area contributed by atoms with Crippen molar-refractivity contribution in [1.82, 2.24) is 9.88 Å². The third-order valence-electron chi connectivity index (χ3n) is 5.03. The lowest BCUT2D eigenvalue weighted by Gasteiger charge is -2.37. The highest BCUT2D eigenvalue weighted by Crippen LogP contribution is 2.33. The Kier molecular flexibility index (Phi) is 3.73. The lowest BCUT2D eigenvalue weighted by Crippen LogP contribution is -2.47. The zero-order chi connectivity index (χ0) is 16.7. The third-order valence-corrected chi connectivity index (χ3v) is 5.03. The number of aryl methyl sites for hydroxylation is 1. The minimum absolute atomic E-state index is 0.0554. The fourth-order valence-corrected chi connectivity index (χ4v) is 3.70. The molecule has 3 heterocycles. The SMILES string of the molecule is COc1ccc2[nH]c(C)c(C(=O)N3CCC4(CC3)OCCO4)c2c1. The van der Waals surface area contributed by atoms with Crippen molar-refractivity contribution in [3.63, 3.8) is 0 Å². The fraction of sp³-hybridized carbons (Fsp3) is 0.500. The summed E-state index contributed by atoms with van der Waals surface area (Å²) in [5.74, 6) is 0.343. The van der Waals surface area contributed by atoms with Crippen LogP contribution in [0.5, 0.6) is 5.75 Å². The molecule has 1 spiro atoms. The van der Waals surface area contributed by atoms with Crippen LogP contribution in [0.4, 0.5) is 0 Å². The van der Waals surface area contributed by atoms with E-state index in [0.29, 0.717) is 26.3 Å². The first-order valence-electron chi connectivity index (χ1n) is 8.35. The topological polar surface area (TPSA) is 63.8 Å². The number of nitrogens with zero attached hydrogens (tertiary/aromatic N) is 1. The van der Waals surface area contributed by atoms with Crippen LogP contribution >= 0.6 is 0 Å². The number of likely N-dealkylation sites (tertiary alicyclic amines) is 1. The van der Waals surface area contributed by atoms with Crippen LogP contribution in [0.15, 0.2) is 18.2 Å². The molecule has 2 fully saturated rings. The Morgan fingerprint density at radius 2 is 1.96 bits per heavy atom. The van der Waals surface area contributed by atoms with Crippen LogP contribution in [-0.4, -0.2) is 55.0 Å². The number of aromatic nitrogens is 1. The van der Waals surface area contributed by atoms with Crippen LogP contribution in [0.25, 0.3) is 10.9 Å². The van der Waals surface area contributed by atoms with E-state index in [4.69, 9.17) is 14.2 Å². The average molecular weight is 330 g/mol. The van der Waals surface area contributed by atoms with E-state index in [-0.39, 0.29) is 5.91 Å². The number of carbonyl (C=O) groups is 1. The number of fused-ring (bicyclic) bond motifs is 1. The van der Waals surface area contributed by atoms with E-state index >= 15 is 0 Å². The zero-order valence-corrected chi connectivity index (χ0v) is 14.1. The summed E-state index contributed by atoms with van der Waals surface area (Å²) >= 11 is 0. The lowest BCUT2D eigenvalue weighted by molar-refractivity contribution is -0.181. The third kappa shape index (κ3) is 2.46. The number of aromatic amines is 1. The van der Waals surface area contributed by atoms with E-state index in [0.717, 1.165) is 40.8 Å². The molecule has 2 aliphatic heterocycles. The van der Waals surface area contributed by atoms with Gasteiger partial charge in [0.1, 0.15) is 5.75 Å². The van der Waals surface area contributed by atoms with Crippen molar-refractivity contribution in [2.45, 2.75) is 25.6 Å². The molecule has 4 rings (SSSR count). The number of amides is 1. The van der Waals surface area contributed by atoms with Gasteiger partial charge in [-0.1, -0.05) is 0 Å². The molecule has 0 radical (unpaired) electrons. The monoisotopic (exact) mass is 330 g/mol. The Labute approximate surface area is 140 Å². The van der Waals surface area contributed by atoms with Gasteiger partial charge in [0.15, 0.2) is 5.79 Å². The van der Waals surface area contributed by atoms with Crippen LogP contribution in [0.3, 0.4) is 0 Å². The second-order valence-electron chi connectivity index (χ2n) is 6.44. The maximum absolute atomic E-state index is 13.1. The number of hydrogen-bond donors (Lipinski definition) is 1. The van der Waals surface area contributed by atoms with Crippen molar-refractivity contribution in [1.29, 1.82) is 0 Å². The van der Waals surface area contributed by atoms with Gasteiger partial charge in [-0.05, 0) is 25.1 Å². The summed E-state index contributed by atoms with van der Waals surface area (Å²) in [6.07, 6.45) is 1.45. The number of carbonyl (C=O) groups excluding carboxylic acids is 1. The van der Waals surface area contributed by atoms with Gasteiger partial charge in [0, 0.05) is 42.5 Å². The molecule has 0 unspecified atom stereocenters. The van der Waals surface area contributed by atoms with Crippen LogP contribution < -0.4 is 4.74 Å². The lowest BCUT2D eigenvalue weighted by atomic mass is 10.0. The van der Waals surface area contributed by atoms with Gasteiger partial charge in [-0.3, -0.25) is 4.79 Å². The quantitative estimate of drug-likeness (QED) is 0.919. The minimum atomic E-state index is -0.463. The Bertz CT molecular complexity index is 767. The van der Waals surface area contributed by atoms with Crippen molar-refractivity contribution in [3.05, 3.63) is 29.5 Å². The van der Waals surface area contributed by atoms with E-state index in [2.05, 4.69) is 4.98 Å². The number of ether oxygens (including phenoxy) is 3. The molecule has 24 heavy (non-hydrogen) atoms. The van der Waals surface area contributed by atoms with Crippen molar-refractivity contribution < 1.29 is 19.0 Å². The molecule has 2 saturated heterocycles. The highest BCUT2D eigenvalue weighted by atomic mass is 16.7. The first kappa shape index (κ1) is 15.5. The first-order chi connectivity index (χ1) is 11.6. The van der Waals surface area contributed by atoms with Gasteiger partial charge in [0.25, 0.3) is 5.91 Å². The molecule has 6 heteroatoms. The van der Waals surface area contributed by atoms with E-state index < -0.39 is 5.79 Å². The van der Waals surface area contributed by atoms with E-state index in [1.165, 1.54) is 0 Å². The van der Waals surface area contributed by atoms with Gasteiger partial charge in [-0.25, -0.2) is 0 Å². The standard InChI is InChI=1S/C18H22N2O4/c1-12-16(14-11-13(22-2)3-4-15(14)19-12)17(21)20-7-5-18(6-8-20)23-9-10-24-18/h3-4,11,19H,5-10H2,1-2H3. The summed E-state index contributed by atoms with van der Waals surface area (Å²) in [4.78, 5) is 18.3. The Hall–Kier alpha value is -2.05. The predicted octanol–water partition coefficient (Wildman–Crippen LogP) is 2.46. The van der Waals surface area contributed by atoms with Gasteiger partial charge < -0.3 is 24.1 Å². The molecular weight excluding hydrogens is 308 g/mol. The molecule has 1 aromatic carbocycles. The Morgan fingerprint density at radius 1 is 1.25 bits per heavy atom. The number of H-pyrrole nitrogens is 1. The van der Waals surface area contributed by atoms with E-state index in [1.807, 2.05) is 30.0 Å². The van der Waals surface area contributed by atoms with Gasteiger partial charge in [0.05, 0.1) is 25.9 Å². The van der Waals surface area contributed by atoms with Crippen molar-refractivity contribution in [2.75, 3.05) is 33.4 Å². The molecule has 6 nitrogen and oxygen atoms in total. The number of benzene rings is 1. The second-order valence-corrected chi connectivity index (χ2v) is 6.44. The van der Waals surface area contributed by atoms with Gasteiger partial charge in [-0.15, -0.1) is 0 Å². The number of hydrogen-bond acceptors (Lipinski definition) is 4. The first-order valence-corrected chi connectivity index (χ1v) is 8.35. The molecule has 1 aromatic heterocycles. The van der Waals surface area contributed by atoms with Gasteiger partial charge >= 0.3 is 0 Å². The normalized spacial score (nSPS) is 20.0. The molecular formula is C18H22N2O4. The molecule has 0 atom stereocenters. The van der Waals surface area contributed by atoms with E-state index in [1.54, 1.807) is 7.11 Å². The maximum atomic E-state index is 13.1. The maximum Gasteiger partial charge on any atom is 0.256 e. The highest BCUT2D eigenvalue weighted by Gasteiger charge is 2.41. The second kappa shape index (κ2) is 5.79. The molecule has 128 valence electrons.